The van der Waals surface area contributed by atoms with E-state index in [1.54, 1.807) is 0 Å². The highest BCUT2D eigenvalue weighted by Crippen LogP contribution is 2.27. The molecule has 2 aromatic heterocycles. The highest BCUT2D eigenvalue weighted by molar-refractivity contribution is 5.69. The van der Waals surface area contributed by atoms with Gasteiger partial charge in [-0.25, -0.2) is 4.98 Å². The first-order valence-corrected chi connectivity index (χ1v) is 7.31. The number of aryl methyl sites for hydroxylation is 1. The quantitative estimate of drug-likeness (QED) is 0.618. The minimum absolute atomic E-state index is 0.540. The van der Waals surface area contributed by atoms with Crippen LogP contribution in [0.15, 0.2) is 65.2 Å². The molecule has 0 atom stereocenters. The summed E-state index contributed by atoms with van der Waals surface area (Å²) in [5.41, 5.74) is 3.94. The van der Waals surface area contributed by atoms with E-state index in [0.717, 1.165) is 11.4 Å². The van der Waals surface area contributed by atoms with Crippen LogP contribution in [0.5, 0.6) is 0 Å². The number of H-pyrrole nitrogens is 1. The van der Waals surface area contributed by atoms with Gasteiger partial charge in [-0.1, -0.05) is 59.8 Å². The van der Waals surface area contributed by atoms with Crippen molar-refractivity contribution in [1.82, 2.24) is 20.3 Å². The molecule has 0 aliphatic heterocycles. The molecule has 5 heteroatoms. The summed E-state index contributed by atoms with van der Waals surface area (Å²) >= 11 is 0. The minimum atomic E-state index is 0.540. The van der Waals surface area contributed by atoms with Crippen molar-refractivity contribution in [2.45, 2.75) is 6.92 Å². The van der Waals surface area contributed by atoms with Crippen LogP contribution in [-0.2, 0) is 0 Å². The summed E-state index contributed by atoms with van der Waals surface area (Å²) in [6, 6.07) is 20.3. The summed E-state index contributed by atoms with van der Waals surface area (Å²) in [5, 5.41) is 10.9. The molecule has 1 N–H and O–H groups in total. The van der Waals surface area contributed by atoms with Gasteiger partial charge in [0.25, 0.3) is 0 Å². The summed E-state index contributed by atoms with van der Waals surface area (Å²) in [6.07, 6.45) is 0. The Bertz CT molecular complexity index is 923. The van der Waals surface area contributed by atoms with Gasteiger partial charge in [0.1, 0.15) is 5.82 Å². The smallest absolute Gasteiger partial charge is 0.203 e. The van der Waals surface area contributed by atoms with E-state index in [-0.39, 0.29) is 0 Å². The van der Waals surface area contributed by atoms with Crippen LogP contribution in [-0.4, -0.2) is 20.3 Å². The van der Waals surface area contributed by atoms with Gasteiger partial charge < -0.3 is 4.52 Å². The van der Waals surface area contributed by atoms with Crippen LogP contribution in [0.25, 0.3) is 34.0 Å². The van der Waals surface area contributed by atoms with Gasteiger partial charge in [0, 0.05) is 11.6 Å². The lowest BCUT2D eigenvalue weighted by atomic mass is 10.0. The van der Waals surface area contributed by atoms with Crippen molar-refractivity contribution < 1.29 is 4.52 Å². The first kappa shape index (κ1) is 13.5. The Balaban J connectivity index is 1.63. The van der Waals surface area contributed by atoms with E-state index in [4.69, 9.17) is 4.52 Å². The van der Waals surface area contributed by atoms with Gasteiger partial charge in [-0.15, -0.1) is 0 Å². The standard InChI is InChI=1S/C18H14N4O/c1-12-19-18(21-20-12)16-11-17(23-22-16)15-9-7-14(8-10-15)13-5-3-2-4-6-13/h2-11H,1H3,(H,19,20,21). The maximum Gasteiger partial charge on any atom is 0.203 e. The maximum absolute atomic E-state index is 5.42. The lowest BCUT2D eigenvalue weighted by molar-refractivity contribution is 0.434. The van der Waals surface area contributed by atoms with Gasteiger partial charge in [-0.3, -0.25) is 5.10 Å². The third-order valence-electron chi connectivity index (χ3n) is 3.61. The zero-order valence-electron chi connectivity index (χ0n) is 12.5. The molecule has 0 aliphatic carbocycles. The van der Waals surface area contributed by atoms with E-state index < -0.39 is 0 Å². The van der Waals surface area contributed by atoms with Crippen LogP contribution < -0.4 is 0 Å². The van der Waals surface area contributed by atoms with Crippen molar-refractivity contribution in [3.63, 3.8) is 0 Å². The highest BCUT2D eigenvalue weighted by atomic mass is 16.5. The predicted molar refractivity (Wildman–Crippen MR) is 87.5 cm³/mol. The molecule has 23 heavy (non-hydrogen) atoms. The Morgan fingerprint density at radius 1 is 0.870 bits per heavy atom. The topological polar surface area (TPSA) is 67.6 Å². The van der Waals surface area contributed by atoms with Crippen molar-refractivity contribution >= 4 is 0 Å². The van der Waals surface area contributed by atoms with Gasteiger partial charge in [0.15, 0.2) is 11.5 Å². The number of hydrogen-bond donors (Lipinski definition) is 1. The zero-order valence-corrected chi connectivity index (χ0v) is 12.5. The second kappa shape index (κ2) is 5.53. The molecule has 2 heterocycles. The molecule has 112 valence electrons. The number of hydrogen-bond acceptors (Lipinski definition) is 4. The molecule has 0 unspecified atom stereocenters. The number of aromatic nitrogens is 4. The number of nitrogens with zero attached hydrogens (tertiary/aromatic N) is 3. The Hall–Kier alpha value is -3.21. The fourth-order valence-corrected chi connectivity index (χ4v) is 2.43. The van der Waals surface area contributed by atoms with Crippen molar-refractivity contribution in [1.29, 1.82) is 0 Å². The molecule has 2 aromatic carbocycles. The van der Waals surface area contributed by atoms with Gasteiger partial charge in [-0.05, 0) is 18.1 Å². The molecule has 0 radical (unpaired) electrons. The van der Waals surface area contributed by atoms with Crippen molar-refractivity contribution in [2.24, 2.45) is 0 Å². The minimum Gasteiger partial charge on any atom is -0.356 e. The summed E-state index contributed by atoms with van der Waals surface area (Å²) in [7, 11) is 0. The van der Waals surface area contributed by atoms with Gasteiger partial charge >= 0.3 is 0 Å². The number of rotatable bonds is 3. The number of aromatic amines is 1. The normalized spacial score (nSPS) is 10.8. The summed E-state index contributed by atoms with van der Waals surface area (Å²) in [4.78, 5) is 4.25. The molecule has 0 bridgehead atoms. The predicted octanol–water partition coefficient (Wildman–Crippen LogP) is 4.10. The van der Waals surface area contributed by atoms with E-state index in [2.05, 4.69) is 44.6 Å². The van der Waals surface area contributed by atoms with Crippen molar-refractivity contribution in [3.05, 3.63) is 66.5 Å². The largest absolute Gasteiger partial charge is 0.356 e. The Morgan fingerprint density at radius 3 is 2.26 bits per heavy atom. The molecule has 4 aromatic rings. The average Bonchev–Trinajstić information content (AvgIpc) is 3.25. The van der Waals surface area contributed by atoms with Crippen LogP contribution in [0.2, 0.25) is 0 Å². The SMILES string of the molecule is Cc1nc(-c2cc(-c3ccc(-c4ccccc4)cc3)on2)n[nH]1. The van der Waals surface area contributed by atoms with E-state index >= 15 is 0 Å². The Morgan fingerprint density at radius 2 is 1.57 bits per heavy atom. The van der Waals surface area contributed by atoms with Crippen LogP contribution in [0.4, 0.5) is 0 Å². The van der Waals surface area contributed by atoms with Crippen LogP contribution in [0.1, 0.15) is 5.82 Å². The average molecular weight is 302 g/mol. The summed E-state index contributed by atoms with van der Waals surface area (Å²) in [6.45, 7) is 1.85. The number of nitrogens with one attached hydrogen (secondary N) is 1. The molecule has 0 amide bonds. The molecular formula is C18H14N4O. The van der Waals surface area contributed by atoms with E-state index in [0.29, 0.717) is 17.3 Å². The summed E-state index contributed by atoms with van der Waals surface area (Å²) in [5.74, 6) is 1.98. The lowest BCUT2D eigenvalue weighted by Gasteiger charge is -2.02. The fourth-order valence-electron chi connectivity index (χ4n) is 2.43. The molecule has 0 saturated carbocycles. The van der Waals surface area contributed by atoms with E-state index in [9.17, 15) is 0 Å². The van der Waals surface area contributed by atoms with E-state index in [1.165, 1.54) is 11.1 Å². The third kappa shape index (κ3) is 2.64. The van der Waals surface area contributed by atoms with Crippen LogP contribution >= 0.6 is 0 Å². The molecule has 5 nitrogen and oxygen atoms in total. The Labute approximate surface area is 133 Å². The molecule has 4 rings (SSSR count). The van der Waals surface area contributed by atoms with E-state index in [1.807, 2.05) is 43.3 Å². The second-order valence-electron chi connectivity index (χ2n) is 5.26. The fraction of sp³-hybridized carbons (Fsp3) is 0.0556. The molecule has 0 fully saturated rings. The monoisotopic (exact) mass is 302 g/mol. The van der Waals surface area contributed by atoms with Crippen LogP contribution in [0, 0.1) is 6.92 Å². The number of benzene rings is 2. The first-order valence-electron chi connectivity index (χ1n) is 7.31. The molecular weight excluding hydrogens is 288 g/mol. The summed E-state index contributed by atoms with van der Waals surface area (Å²) < 4.78 is 5.42. The van der Waals surface area contributed by atoms with Gasteiger partial charge in [-0.2, -0.15) is 5.10 Å². The maximum atomic E-state index is 5.42. The van der Waals surface area contributed by atoms with Gasteiger partial charge in [0.2, 0.25) is 5.82 Å². The second-order valence-corrected chi connectivity index (χ2v) is 5.26. The van der Waals surface area contributed by atoms with Gasteiger partial charge in [0.05, 0.1) is 0 Å². The first-order chi connectivity index (χ1) is 11.3. The van der Waals surface area contributed by atoms with Crippen LogP contribution in [0.3, 0.4) is 0 Å². The zero-order chi connectivity index (χ0) is 15.6. The lowest BCUT2D eigenvalue weighted by Crippen LogP contribution is -1.79. The van der Waals surface area contributed by atoms with Crippen molar-refractivity contribution in [3.8, 4) is 34.0 Å². The Kier molecular flexibility index (Phi) is 3.24. The van der Waals surface area contributed by atoms with Crippen molar-refractivity contribution in [2.75, 3.05) is 0 Å². The molecule has 0 spiro atoms. The molecule has 0 aliphatic rings. The molecule has 0 saturated heterocycles. The third-order valence-corrected chi connectivity index (χ3v) is 3.61. The highest BCUT2D eigenvalue weighted by Gasteiger charge is 2.12.